The van der Waals surface area contributed by atoms with E-state index in [2.05, 4.69) is 4.90 Å². The molecule has 0 radical (unpaired) electrons. The van der Waals surface area contributed by atoms with E-state index in [1.807, 2.05) is 28.5 Å². The zero-order chi connectivity index (χ0) is 27.9. The molecule has 6 rings (SSSR count). The fraction of sp³-hybridized carbons (Fsp3) is 0.414. The summed E-state index contributed by atoms with van der Waals surface area (Å²) in [5.41, 5.74) is 2.08. The number of hydrogen-bond acceptors (Lipinski definition) is 8. The number of anilines is 2. The molecule has 1 aromatic heterocycles. The summed E-state index contributed by atoms with van der Waals surface area (Å²) in [5.74, 6) is 0.841. The summed E-state index contributed by atoms with van der Waals surface area (Å²) in [6.45, 7) is 5.41. The summed E-state index contributed by atoms with van der Waals surface area (Å²) in [7, 11) is -3.21. The van der Waals surface area contributed by atoms with Crippen molar-refractivity contribution in [1.29, 1.82) is 0 Å². The molecule has 1 saturated carbocycles. The first-order chi connectivity index (χ1) is 19.3. The molecule has 2 aliphatic heterocycles. The van der Waals surface area contributed by atoms with Crippen molar-refractivity contribution in [3.05, 3.63) is 71.4 Å². The van der Waals surface area contributed by atoms with Crippen molar-refractivity contribution < 1.29 is 27.1 Å². The van der Waals surface area contributed by atoms with E-state index in [0.717, 1.165) is 25.2 Å². The number of amides is 1. The monoisotopic (exact) mass is 585 g/mol. The molecule has 3 heterocycles. The van der Waals surface area contributed by atoms with Crippen LogP contribution >= 0.6 is 11.3 Å². The Bertz CT molecular complexity index is 1450. The molecule has 3 aromatic rings. The van der Waals surface area contributed by atoms with Crippen molar-refractivity contribution in [2.45, 2.75) is 11.4 Å². The Morgan fingerprint density at radius 1 is 1.10 bits per heavy atom. The van der Waals surface area contributed by atoms with Gasteiger partial charge in [0.15, 0.2) is 14.9 Å². The van der Waals surface area contributed by atoms with Gasteiger partial charge in [0.1, 0.15) is 5.82 Å². The molecule has 2 saturated heterocycles. The van der Waals surface area contributed by atoms with Crippen molar-refractivity contribution in [2.75, 3.05) is 62.0 Å². The van der Waals surface area contributed by atoms with Gasteiger partial charge in [0.25, 0.3) is 0 Å². The van der Waals surface area contributed by atoms with Gasteiger partial charge in [-0.15, -0.1) is 11.3 Å². The van der Waals surface area contributed by atoms with Crippen molar-refractivity contribution in [3.8, 4) is 5.06 Å². The van der Waals surface area contributed by atoms with E-state index in [-0.39, 0.29) is 5.82 Å². The van der Waals surface area contributed by atoms with Crippen LogP contribution in [0, 0.1) is 23.6 Å². The molecule has 0 spiro atoms. The van der Waals surface area contributed by atoms with Gasteiger partial charge in [-0.25, -0.2) is 17.6 Å². The highest BCUT2D eigenvalue weighted by Crippen LogP contribution is 2.52. The van der Waals surface area contributed by atoms with Gasteiger partial charge in [-0.05, 0) is 71.2 Å². The third-order valence-corrected chi connectivity index (χ3v) is 9.97. The fourth-order valence-corrected chi connectivity index (χ4v) is 7.12. The molecule has 0 bridgehead atoms. The van der Waals surface area contributed by atoms with Crippen molar-refractivity contribution in [3.63, 3.8) is 0 Å². The lowest BCUT2D eigenvalue weighted by atomic mass is 10.1. The molecule has 2 aromatic carbocycles. The van der Waals surface area contributed by atoms with Gasteiger partial charge in [0.05, 0.1) is 29.5 Å². The third kappa shape index (κ3) is 5.88. The highest BCUT2D eigenvalue weighted by molar-refractivity contribution is 7.90. The van der Waals surface area contributed by atoms with Crippen LogP contribution in [0.3, 0.4) is 0 Å². The van der Waals surface area contributed by atoms with Gasteiger partial charge in [-0.1, -0.05) is 12.1 Å². The SMILES string of the molecule is CS(=O)(=O)c1ccc(CN2CC3C(C2)C3CN(C(=O)Oc2cccs2)c2ccc(N3CCOCC3)c(F)c2)cc1. The Morgan fingerprint density at radius 2 is 1.82 bits per heavy atom. The number of nitrogens with zero attached hydrogens (tertiary/aromatic N) is 3. The van der Waals surface area contributed by atoms with Gasteiger partial charge in [0.2, 0.25) is 0 Å². The van der Waals surface area contributed by atoms with Gasteiger partial charge < -0.3 is 14.4 Å². The molecule has 2 atom stereocenters. The predicted octanol–water partition coefficient (Wildman–Crippen LogP) is 4.51. The molecule has 0 N–H and O–H groups in total. The number of piperidine rings is 1. The van der Waals surface area contributed by atoms with Gasteiger partial charge >= 0.3 is 6.09 Å². The Balaban J connectivity index is 1.12. The van der Waals surface area contributed by atoms with Crippen LogP contribution in [0.1, 0.15) is 5.56 Å². The maximum atomic E-state index is 15.3. The van der Waals surface area contributed by atoms with E-state index in [4.69, 9.17) is 9.47 Å². The molecular weight excluding hydrogens is 553 g/mol. The lowest BCUT2D eigenvalue weighted by molar-refractivity contribution is 0.122. The van der Waals surface area contributed by atoms with Crippen LogP contribution in [0.25, 0.3) is 0 Å². The molecular formula is C29H32FN3O5S2. The van der Waals surface area contributed by atoms with Gasteiger partial charge in [0, 0.05) is 45.5 Å². The number of carbonyl (C=O) groups is 1. The minimum atomic E-state index is -3.21. The van der Waals surface area contributed by atoms with Crippen molar-refractivity contribution in [1.82, 2.24) is 4.90 Å². The molecule has 3 fully saturated rings. The first-order valence-electron chi connectivity index (χ1n) is 13.4. The average Bonchev–Trinajstić information content (AvgIpc) is 3.28. The molecule has 1 aliphatic carbocycles. The van der Waals surface area contributed by atoms with Gasteiger partial charge in [-0.3, -0.25) is 9.80 Å². The largest absolute Gasteiger partial charge is 0.420 e. The smallest absolute Gasteiger partial charge is 0.399 e. The summed E-state index contributed by atoms with van der Waals surface area (Å²) in [6, 6.07) is 15.6. The Labute approximate surface area is 237 Å². The third-order valence-electron chi connectivity index (χ3n) is 8.10. The normalized spacial score (nSPS) is 22.6. The molecule has 40 heavy (non-hydrogen) atoms. The molecule has 3 aliphatic rings. The minimum Gasteiger partial charge on any atom is -0.399 e. The number of likely N-dealkylation sites (tertiary alicyclic amines) is 1. The van der Waals surface area contributed by atoms with E-state index in [9.17, 15) is 13.2 Å². The molecule has 11 heteroatoms. The second-order valence-corrected chi connectivity index (χ2v) is 13.7. The van der Waals surface area contributed by atoms with E-state index in [0.29, 0.717) is 71.9 Å². The van der Waals surface area contributed by atoms with Gasteiger partial charge in [-0.2, -0.15) is 0 Å². The lowest BCUT2D eigenvalue weighted by Gasteiger charge is -2.30. The topological polar surface area (TPSA) is 79.4 Å². The van der Waals surface area contributed by atoms with Crippen molar-refractivity contribution >= 4 is 38.6 Å². The van der Waals surface area contributed by atoms with Crippen LogP contribution in [-0.2, 0) is 21.1 Å². The van der Waals surface area contributed by atoms with E-state index >= 15 is 4.39 Å². The summed E-state index contributed by atoms with van der Waals surface area (Å²) in [6.07, 6.45) is 0.705. The number of ether oxygens (including phenoxy) is 2. The first kappa shape index (κ1) is 27.2. The number of thiophene rings is 1. The van der Waals surface area contributed by atoms with Crippen LogP contribution < -0.4 is 14.5 Å². The zero-order valence-electron chi connectivity index (χ0n) is 22.2. The minimum absolute atomic E-state index is 0.307. The summed E-state index contributed by atoms with van der Waals surface area (Å²) >= 11 is 1.34. The lowest BCUT2D eigenvalue weighted by Crippen LogP contribution is -2.38. The summed E-state index contributed by atoms with van der Waals surface area (Å²) < 4.78 is 49.8. The second kappa shape index (κ2) is 11.1. The average molecular weight is 586 g/mol. The Morgan fingerprint density at radius 3 is 2.45 bits per heavy atom. The van der Waals surface area contributed by atoms with Crippen molar-refractivity contribution in [2.24, 2.45) is 17.8 Å². The van der Waals surface area contributed by atoms with Crippen LogP contribution in [0.15, 0.2) is 64.9 Å². The highest BCUT2D eigenvalue weighted by Gasteiger charge is 2.56. The second-order valence-electron chi connectivity index (χ2n) is 10.7. The number of benzene rings is 2. The van der Waals surface area contributed by atoms with E-state index in [1.54, 1.807) is 35.2 Å². The first-order valence-corrected chi connectivity index (χ1v) is 16.2. The molecule has 8 nitrogen and oxygen atoms in total. The van der Waals surface area contributed by atoms with E-state index < -0.39 is 15.9 Å². The number of rotatable bonds is 8. The van der Waals surface area contributed by atoms with Crippen LogP contribution in [0.2, 0.25) is 0 Å². The number of carbonyl (C=O) groups excluding carboxylic acids is 1. The number of hydrogen-bond donors (Lipinski definition) is 0. The number of morpholine rings is 1. The van der Waals surface area contributed by atoms with Crippen LogP contribution in [0.5, 0.6) is 5.06 Å². The Kier molecular flexibility index (Phi) is 7.56. The maximum Gasteiger partial charge on any atom is 0.420 e. The van der Waals surface area contributed by atoms with Crippen LogP contribution in [-0.4, -0.2) is 71.6 Å². The molecule has 1 amide bonds. The predicted molar refractivity (Wildman–Crippen MR) is 152 cm³/mol. The Hall–Kier alpha value is -2.99. The van der Waals surface area contributed by atoms with E-state index in [1.165, 1.54) is 23.7 Å². The van der Waals surface area contributed by atoms with Crippen LogP contribution in [0.4, 0.5) is 20.6 Å². The molecule has 2 unspecified atom stereocenters. The standard InChI is InChI=1S/C29H32FN3O5S2/c1-40(35,36)22-7-4-20(5-8-22)16-31-17-23-24(18-31)25(23)19-33(29(34)38-28-3-2-14-39-28)21-6-9-27(26(30)15-21)32-10-12-37-13-11-32/h2-9,14-15,23-25H,10-13,16-19H2,1H3. The number of halogens is 1. The number of sulfone groups is 1. The number of fused-ring (bicyclic) bond motifs is 1. The zero-order valence-corrected chi connectivity index (χ0v) is 23.9. The summed E-state index contributed by atoms with van der Waals surface area (Å²) in [4.78, 5) is 19.5. The highest BCUT2D eigenvalue weighted by atomic mass is 32.2. The summed E-state index contributed by atoms with van der Waals surface area (Å²) in [5, 5.41) is 2.35. The fourth-order valence-electron chi connectivity index (χ4n) is 5.92. The molecule has 212 valence electrons. The quantitative estimate of drug-likeness (QED) is 0.385. The maximum absolute atomic E-state index is 15.3.